The number of hydrogen-bond donors (Lipinski definition) is 0. The fraction of sp³-hybridized carbons (Fsp3) is 0. The van der Waals surface area contributed by atoms with E-state index in [2.05, 4.69) is 97.1 Å². The molecule has 0 aromatic heterocycles. The van der Waals surface area contributed by atoms with E-state index in [1.165, 1.54) is 65.3 Å². The Morgan fingerprint density at radius 2 is 0.893 bits per heavy atom. The van der Waals surface area contributed by atoms with Gasteiger partial charge in [-0.3, -0.25) is 0 Å². The zero-order chi connectivity index (χ0) is 18.2. The van der Waals surface area contributed by atoms with Gasteiger partial charge in [-0.25, -0.2) is 0 Å². The molecule has 1 aliphatic rings. The Balaban J connectivity index is 1.86. The molecule has 0 aliphatic heterocycles. The lowest BCUT2D eigenvalue weighted by atomic mass is 9.92. The highest BCUT2D eigenvalue weighted by Gasteiger charge is 2.27. The summed E-state index contributed by atoms with van der Waals surface area (Å²) < 4.78 is 0. The minimum Gasteiger partial charge on any atom is -0.0616 e. The molecule has 0 spiro atoms. The molecule has 0 unspecified atom stereocenters. The van der Waals surface area contributed by atoms with E-state index >= 15 is 0 Å². The van der Waals surface area contributed by atoms with Gasteiger partial charge >= 0.3 is 0 Å². The van der Waals surface area contributed by atoms with Crippen LogP contribution in [0.25, 0.3) is 65.3 Å². The fourth-order valence-electron chi connectivity index (χ4n) is 5.19. The summed E-state index contributed by atoms with van der Waals surface area (Å²) in [7, 11) is 0. The van der Waals surface area contributed by atoms with Gasteiger partial charge in [0.05, 0.1) is 0 Å². The van der Waals surface area contributed by atoms with E-state index in [1.54, 1.807) is 0 Å². The molecule has 0 heteroatoms. The molecule has 7 rings (SSSR count). The van der Waals surface area contributed by atoms with Crippen LogP contribution in [0.15, 0.2) is 97.1 Å². The Kier molecular flexibility index (Phi) is 2.57. The van der Waals surface area contributed by atoms with E-state index in [4.69, 9.17) is 0 Å². The summed E-state index contributed by atoms with van der Waals surface area (Å²) in [6, 6.07) is 35.7. The lowest BCUT2D eigenvalue weighted by Crippen LogP contribution is -1.83. The second-order valence-electron chi connectivity index (χ2n) is 7.75. The van der Waals surface area contributed by atoms with Crippen LogP contribution in [0, 0.1) is 0 Å². The number of rotatable bonds is 0. The van der Waals surface area contributed by atoms with Crippen molar-refractivity contribution in [2.24, 2.45) is 0 Å². The summed E-state index contributed by atoms with van der Waals surface area (Å²) in [5, 5.41) is 10.7. The average molecular weight is 352 g/mol. The predicted octanol–water partition coefficient (Wildman–Crippen LogP) is 7.95. The molecule has 128 valence electrons. The summed E-state index contributed by atoms with van der Waals surface area (Å²) in [4.78, 5) is 0. The van der Waals surface area contributed by atoms with Crippen molar-refractivity contribution in [3.63, 3.8) is 0 Å². The maximum atomic E-state index is 2.36. The lowest BCUT2D eigenvalue weighted by molar-refractivity contribution is 1.74. The van der Waals surface area contributed by atoms with E-state index in [1.807, 2.05) is 0 Å². The molecule has 0 bridgehead atoms. The molecule has 28 heavy (non-hydrogen) atoms. The van der Waals surface area contributed by atoms with Crippen molar-refractivity contribution in [2.45, 2.75) is 0 Å². The molecule has 6 aromatic rings. The first kappa shape index (κ1) is 14.4. The second kappa shape index (κ2) is 4.99. The van der Waals surface area contributed by atoms with E-state index in [9.17, 15) is 0 Å². The Morgan fingerprint density at radius 3 is 1.57 bits per heavy atom. The third-order valence-electron chi connectivity index (χ3n) is 6.32. The first-order valence-electron chi connectivity index (χ1n) is 9.80. The molecule has 0 nitrogen and oxygen atoms in total. The molecule has 6 aromatic carbocycles. The maximum absolute atomic E-state index is 2.36. The van der Waals surface area contributed by atoms with Crippen LogP contribution in [0.2, 0.25) is 0 Å². The van der Waals surface area contributed by atoms with E-state index in [0.29, 0.717) is 0 Å². The van der Waals surface area contributed by atoms with Crippen molar-refractivity contribution in [1.82, 2.24) is 0 Å². The Labute approximate surface area is 162 Å². The molecule has 0 atom stereocenters. The van der Waals surface area contributed by atoms with E-state index in [0.717, 1.165) is 0 Å². The average Bonchev–Trinajstić information content (AvgIpc) is 3.11. The van der Waals surface area contributed by atoms with Crippen LogP contribution >= 0.6 is 0 Å². The number of hydrogen-bond acceptors (Lipinski definition) is 0. The van der Waals surface area contributed by atoms with Crippen LogP contribution in [0.4, 0.5) is 0 Å². The third kappa shape index (κ3) is 1.66. The van der Waals surface area contributed by atoms with Gasteiger partial charge < -0.3 is 0 Å². The van der Waals surface area contributed by atoms with Crippen LogP contribution in [-0.4, -0.2) is 0 Å². The monoisotopic (exact) mass is 352 g/mol. The molecule has 0 heterocycles. The summed E-state index contributed by atoms with van der Waals surface area (Å²) in [5.41, 5.74) is 5.56. The van der Waals surface area contributed by atoms with Gasteiger partial charge in [0, 0.05) is 0 Å². The highest BCUT2D eigenvalue weighted by atomic mass is 14.3. The minimum atomic E-state index is 1.31. The molecule has 1 aliphatic carbocycles. The van der Waals surface area contributed by atoms with Gasteiger partial charge in [-0.15, -0.1) is 0 Å². The smallest absolute Gasteiger partial charge is 0.000785 e. The molecule has 0 fully saturated rings. The highest BCUT2D eigenvalue weighted by molar-refractivity contribution is 6.32. The molecule has 0 amide bonds. The van der Waals surface area contributed by atoms with Gasteiger partial charge in [-0.2, -0.15) is 0 Å². The van der Waals surface area contributed by atoms with Crippen LogP contribution < -0.4 is 0 Å². The van der Waals surface area contributed by atoms with Gasteiger partial charge in [-0.1, -0.05) is 84.9 Å². The largest absolute Gasteiger partial charge is 0.0616 e. The highest BCUT2D eigenvalue weighted by Crippen LogP contribution is 2.54. The molecule has 0 saturated carbocycles. The standard InChI is InChI=1S/C28H16/c1-4-10-21-17(7-1)13-14-24-26-22-11-5-2-8-18(22)15-20-16-19-9-3-6-12-23(19)28(25(20)26)27(21)24/h1-16H. The molecular formula is C28H16. The van der Waals surface area contributed by atoms with Gasteiger partial charge in [0.2, 0.25) is 0 Å². The molecule has 0 saturated heterocycles. The minimum absolute atomic E-state index is 1.31. The van der Waals surface area contributed by atoms with E-state index in [-0.39, 0.29) is 0 Å². The summed E-state index contributed by atoms with van der Waals surface area (Å²) in [6.45, 7) is 0. The van der Waals surface area contributed by atoms with Crippen LogP contribution in [0.3, 0.4) is 0 Å². The summed E-state index contributed by atoms with van der Waals surface area (Å²) in [6.07, 6.45) is 0. The van der Waals surface area contributed by atoms with Crippen molar-refractivity contribution in [2.75, 3.05) is 0 Å². The Morgan fingerprint density at radius 1 is 0.357 bits per heavy atom. The normalized spacial score (nSPS) is 12.3. The van der Waals surface area contributed by atoms with Crippen LogP contribution in [0.1, 0.15) is 0 Å². The Bertz CT molecular complexity index is 1600. The van der Waals surface area contributed by atoms with Gasteiger partial charge in [0.1, 0.15) is 0 Å². The fourth-order valence-corrected chi connectivity index (χ4v) is 5.19. The van der Waals surface area contributed by atoms with Crippen molar-refractivity contribution in [1.29, 1.82) is 0 Å². The Hall–Kier alpha value is -3.64. The predicted molar refractivity (Wildman–Crippen MR) is 121 cm³/mol. The summed E-state index contributed by atoms with van der Waals surface area (Å²) >= 11 is 0. The first-order valence-corrected chi connectivity index (χ1v) is 9.80. The van der Waals surface area contributed by atoms with Crippen molar-refractivity contribution >= 4 is 43.1 Å². The van der Waals surface area contributed by atoms with Crippen LogP contribution in [-0.2, 0) is 0 Å². The molecule has 0 N–H and O–H groups in total. The second-order valence-corrected chi connectivity index (χ2v) is 7.75. The quantitative estimate of drug-likeness (QED) is 0.243. The number of benzene rings is 6. The third-order valence-corrected chi connectivity index (χ3v) is 6.32. The lowest BCUT2D eigenvalue weighted by Gasteiger charge is -2.10. The van der Waals surface area contributed by atoms with Gasteiger partial charge in [0.25, 0.3) is 0 Å². The summed E-state index contributed by atoms with van der Waals surface area (Å²) in [5.74, 6) is 0. The van der Waals surface area contributed by atoms with Gasteiger partial charge in [-0.05, 0) is 77.5 Å². The van der Waals surface area contributed by atoms with Crippen molar-refractivity contribution in [3.8, 4) is 22.3 Å². The SMILES string of the molecule is c1ccc2c3c(ccc2c1)-c1c2ccccc2cc2cc4ccccc4c-3c12. The van der Waals surface area contributed by atoms with Gasteiger partial charge in [0.15, 0.2) is 0 Å². The molecule has 0 radical (unpaired) electrons. The number of fused-ring (bicyclic) bond motifs is 9. The van der Waals surface area contributed by atoms with Crippen molar-refractivity contribution in [3.05, 3.63) is 97.1 Å². The first-order chi connectivity index (χ1) is 13.9. The van der Waals surface area contributed by atoms with Crippen molar-refractivity contribution < 1.29 is 0 Å². The zero-order valence-corrected chi connectivity index (χ0v) is 15.2. The van der Waals surface area contributed by atoms with E-state index < -0.39 is 0 Å². The maximum Gasteiger partial charge on any atom is -0.000785 e. The zero-order valence-electron chi connectivity index (χ0n) is 15.2. The topological polar surface area (TPSA) is 0 Å². The molecular weight excluding hydrogens is 336 g/mol. The van der Waals surface area contributed by atoms with Crippen LogP contribution in [0.5, 0.6) is 0 Å².